The lowest BCUT2D eigenvalue weighted by Gasteiger charge is -2.23. The minimum atomic E-state index is -0.842. The Morgan fingerprint density at radius 1 is 1.15 bits per heavy atom. The van der Waals surface area contributed by atoms with Gasteiger partial charge in [-0.25, -0.2) is 4.79 Å². The second-order valence-corrected chi connectivity index (χ2v) is 8.48. The number of nitrogens with one attached hydrogen (secondary N) is 2. The Balaban J connectivity index is 1.69. The van der Waals surface area contributed by atoms with Crippen LogP contribution in [-0.4, -0.2) is 41.1 Å². The zero-order chi connectivity index (χ0) is 23.8. The van der Waals surface area contributed by atoms with Crippen LogP contribution in [0.1, 0.15) is 37.1 Å². The van der Waals surface area contributed by atoms with Gasteiger partial charge in [0.15, 0.2) is 5.78 Å². The maximum Gasteiger partial charge on any atom is 0.408 e. The van der Waals surface area contributed by atoms with Crippen molar-refractivity contribution in [3.05, 3.63) is 65.5 Å². The molecule has 1 aliphatic heterocycles. The third kappa shape index (κ3) is 6.71. The second-order valence-electron chi connectivity index (χ2n) is 8.48. The Hall–Kier alpha value is -3.55. The predicted octanol–water partition coefficient (Wildman–Crippen LogP) is 2.39. The molecule has 2 amide bonds. The molecule has 0 fully saturated rings. The van der Waals surface area contributed by atoms with Crippen LogP contribution in [0.2, 0.25) is 0 Å². The average molecular weight is 452 g/mol. The summed E-state index contributed by atoms with van der Waals surface area (Å²) in [4.78, 5) is 54.9. The van der Waals surface area contributed by atoms with E-state index in [0.717, 1.165) is 16.8 Å². The number of carbonyl (C=O) groups excluding carboxylic acids is 4. The molecule has 2 aromatic rings. The Kier molecular flexibility index (Phi) is 8.29. The summed E-state index contributed by atoms with van der Waals surface area (Å²) in [5, 5.41) is 5.23. The first-order valence-electron chi connectivity index (χ1n) is 11.1. The number of nitrogens with zero attached hydrogens (tertiary/aromatic N) is 1. The normalized spacial score (nSPS) is 17.1. The van der Waals surface area contributed by atoms with Crippen molar-refractivity contribution in [1.82, 2.24) is 15.6 Å². The largest absolute Gasteiger partial charge is 0.445 e. The predicted molar refractivity (Wildman–Crippen MR) is 121 cm³/mol. The molecule has 1 aromatic carbocycles. The lowest BCUT2D eigenvalue weighted by Crippen LogP contribution is -2.46. The number of fused-ring (bicyclic) bond motifs is 1. The number of rotatable bonds is 7. The first-order chi connectivity index (χ1) is 15.8. The van der Waals surface area contributed by atoms with Gasteiger partial charge in [0.1, 0.15) is 6.61 Å². The summed E-state index contributed by atoms with van der Waals surface area (Å²) < 4.78 is 5.25. The van der Waals surface area contributed by atoms with Gasteiger partial charge < -0.3 is 15.4 Å². The molecule has 0 aliphatic carbocycles. The molecule has 8 heteroatoms. The number of pyridine rings is 1. The smallest absolute Gasteiger partial charge is 0.408 e. The SMILES string of the molecule is CC(C)C(NC(=O)OCc1ccccc1)C(=O)CC1Cc2cccnc2CCNC(=O)C1=O. The number of ether oxygens (including phenoxy) is 1. The van der Waals surface area contributed by atoms with E-state index in [0.29, 0.717) is 13.0 Å². The Morgan fingerprint density at radius 2 is 1.91 bits per heavy atom. The van der Waals surface area contributed by atoms with Gasteiger partial charge in [-0.15, -0.1) is 0 Å². The zero-order valence-electron chi connectivity index (χ0n) is 18.9. The highest BCUT2D eigenvalue weighted by atomic mass is 16.5. The second kappa shape index (κ2) is 11.4. The van der Waals surface area contributed by atoms with Crippen molar-refractivity contribution in [2.45, 2.75) is 45.8 Å². The molecule has 174 valence electrons. The lowest BCUT2D eigenvalue weighted by molar-refractivity contribution is -0.141. The van der Waals surface area contributed by atoms with E-state index in [1.165, 1.54) is 0 Å². The monoisotopic (exact) mass is 451 g/mol. The van der Waals surface area contributed by atoms with E-state index < -0.39 is 29.7 Å². The van der Waals surface area contributed by atoms with Crippen LogP contribution in [0.4, 0.5) is 4.79 Å². The van der Waals surface area contributed by atoms with E-state index >= 15 is 0 Å². The number of carbonyl (C=O) groups is 4. The van der Waals surface area contributed by atoms with Gasteiger partial charge in [0.05, 0.1) is 6.04 Å². The first kappa shape index (κ1) is 24.1. The van der Waals surface area contributed by atoms with Gasteiger partial charge >= 0.3 is 6.09 Å². The van der Waals surface area contributed by atoms with Crippen LogP contribution < -0.4 is 10.6 Å². The highest BCUT2D eigenvalue weighted by Crippen LogP contribution is 2.20. The van der Waals surface area contributed by atoms with Crippen molar-refractivity contribution >= 4 is 23.6 Å². The summed E-state index contributed by atoms with van der Waals surface area (Å²) in [5.41, 5.74) is 2.47. The number of aromatic nitrogens is 1. The van der Waals surface area contributed by atoms with Gasteiger partial charge in [-0.1, -0.05) is 50.2 Å². The fourth-order valence-corrected chi connectivity index (χ4v) is 3.85. The number of alkyl carbamates (subject to hydrolysis) is 1. The number of amides is 2. The van der Waals surface area contributed by atoms with Crippen LogP contribution in [0.3, 0.4) is 0 Å². The molecule has 1 aliphatic rings. The lowest BCUT2D eigenvalue weighted by atomic mass is 9.86. The maximum atomic E-state index is 13.1. The van der Waals surface area contributed by atoms with Gasteiger partial charge in [-0.2, -0.15) is 0 Å². The van der Waals surface area contributed by atoms with Crippen molar-refractivity contribution in [3.8, 4) is 0 Å². The fourth-order valence-electron chi connectivity index (χ4n) is 3.85. The fraction of sp³-hybridized carbons (Fsp3) is 0.400. The molecule has 2 N–H and O–H groups in total. The number of Topliss-reactive ketones (excluding diaryl/α,β-unsaturated/α-hetero) is 2. The van der Waals surface area contributed by atoms with Gasteiger partial charge in [-0.3, -0.25) is 19.4 Å². The molecule has 3 rings (SSSR count). The van der Waals surface area contributed by atoms with E-state index in [4.69, 9.17) is 4.74 Å². The summed E-state index contributed by atoms with van der Waals surface area (Å²) in [7, 11) is 0. The van der Waals surface area contributed by atoms with Gasteiger partial charge in [0, 0.05) is 37.2 Å². The van der Waals surface area contributed by atoms with E-state index in [1.54, 1.807) is 26.1 Å². The topological polar surface area (TPSA) is 114 Å². The molecule has 2 heterocycles. The molecule has 1 aromatic heterocycles. The molecular formula is C25H29N3O5. The summed E-state index contributed by atoms with van der Waals surface area (Å²) >= 11 is 0. The molecule has 0 radical (unpaired) electrons. The van der Waals surface area contributed by atoms with Crippen LogP contribution in [0.25, 0.3) is 0 Å². The van der Waals surface area contributed by atoms with Gasteiger partial charge in [0.25, 0.3) is 5.91 Å². The molecule has 0 saturated heterocycles. The van der Waals surface area contributed by atoms with Gasteiger partial charge in [0.2, 0.25) is 5.78 Å². The molecule has 2 unspecified atom stereocenters. The van der Waals surface area contributed by atoms with Crippen LogP contribution in [0, 0.1) is 11.8 Å². The average Bonchev–Trinajstić information content (AvgIpc) is 2.86. The third-order valence-corrected chi connectivity index (χ3v) is 5.64. The van der Waals surface area contributed by atoms with Crippen LogP contribution >= 0.6 is 0 Å². The molecule has 0 saturated carbocycles. The summed E-state index contributed by atoms with van der Waals surface area (Å²) in [5.74, 6) is -2.71. The summed E-state index contributed by atoms with van der Waals surface area (Å²) in [6.07, 6.45) is 1.55. The summed E-state index contributed by atoms with van der Waals surface area (Å²) in [6, 6.07) is 12.0. The van der Waals surface area contributed by atoms with Gasteiger partial charge in [-0.05, 0) is 29.5 Å². The molecule has 33 heavy (non-hydrogen) atoms. The Bertz CT molecular complexity index is 1010. The first-order valence-corrected chi connectivity index (χ1v) is 11.1. The van der Waals surface area contributed by atoms with Crippen molar-refractivity contribution in [2.75, 3.05) is 6.54 Å². The van der Waals surface area contributed by atoms with E-state index in [-0.39, 0.29) is 31.1 Å². The number of ketones is 2. The number of hydrogen-bond acceptors (Lipinski definition) is 6. The van der Waals surface area contributed by atoms with Crippen LogP contribution in [0.5, 0.6) is 0 Å². The standard InChI is InChI=1S/C25H29N3O5/c1-16(2)22(28-25(32)33-15-17-7-4-3-5-8-17)21(29)14-19-13-18-9-6-11-26-20(18)10-12-27-24(31)23(19)30/h3-9,11,16,19,22H,10,12-15H2,1-2H3,(H,27,31)(H,28,32). The summed E-state index contributed by atoms with van der Waals surface area (Å²) in [6.45, 7) is 3.99. The molecular weight excluding hydrogens is 422 g/mol. The van der Waals surface area contributed by atoms with E-state index in [1.807, 2.05) is 36.4 Å². The highest BCUT2D eigenvalue weighted by molar-refractivity contribution is 6.37. The van der Waals surface area contributed by atoms with Crippen molar-refractivity contribution in [3.63, 3.8) is 0 Å². The minimum Gasteiger partial charge on any atom is -0.445 e. The molecule has 0 spiro atoms. The number of benzene rings is 1. The van der Waals surface area contributed by atoms with Crippen molar-refractivity contribution < 1.29 is 23.9 Å². The minimum absolute atomic E-state index is 0.0801. The third-order valence-electron chi connectivity index (χ3n) is 5.64. The molecule has 2 atom stereocenters. The molecule has 0 bridgehead atoms. The maximum absolute atomic E-state index is 13.1. The van der Waals surface area contributed by atoms with Crippen LogP contribution in [0.15, 0.2) is 48.7 Å². The van der Waals surface area contributed by atoms with Crippen LogP contribution in [-0.2, 0) is 38.6 Å². The van der Waals surface area contributed by atoms with Crippen molar-refractivity contribution in [2.24, 2.45) is 11.8 Å². The van der Waals surface area contributed by atoms with E-state index in [2.05, 4.69) is 15.6 Å². The van der Waals surface area contributed by atoms with Crippen molar-refractivity contribution in [1.29, 1.82) is 0 Å². The Morgan fingerprint density at radius 3 is 2.64 bits per heavy atom. The zero-order valence-corrected chi connectivity index (χ0v) is 18.9. The highest BCUT2D eigenvalue weighted by Gasteiger charge is 2.33. The van der Waals surface area contributed by atoms with E-state index in [9.17, 15) is 19.2 Å². The molecule has 8 nitrogen and oxygen atoms in total. The quantitative estimate of drug-likeness (QED) is 0.625. The number of hydrogen-bond donors (Lipinski definition) is 2. The Labute approximate surface area is 193 Å².